The predicted octanol–water partition coefficient (Wildman–Crippen LogP) is 1.62. The lowest BCUT2D eigenvalue weighted by Crippen LogP contribution is -2.09. The predicted molar refractivity (Wildman–Crippen MR) is 42.1 cm³/mol. The third kappa shape index (κ3) is 1.32. The van der Waals surface area contributed by atoms with Crippen LogP contribution in [0.5, 0.6) is 0 Å². The number of halogens is 1. The van der Waals surface area contributed by atoms with Crippen molar-refractivity contribution >= 4 is 11.6 Å². The van der Waals surface area contributed by atoms with E-state index >= 15 is 0 Å². The smallest absolute Gasteiger partial charge is 0.263 e. The van der Waals surface area contributed by atoms with Crippen LogP contribution < -0.4 is 0 Å². The summed E-state index contributed by atoms with van der Waals surface area (Å²) in [5.41, 5.74) is 0. The van der Waals surface area contributed by atoms with Crippen molar-refractivity contribution in [2.75, 3.05) is 6.61 Å². The summed E-state index contributed by atoms with van der Waals surface area (Å²) in [6.45, 7) is 2.75. The molecule has 2 unspecified atom stereocenters. The third-order valence-electron chi connectivity index (χ3n) is 2.11. The van der Waals surface area contributed by atoms with E-state index in [1.165, 1.54) is 0 Å². The van der Waals surface area contributed by atoms with E-state index in [0.717, 1.165) is 13.0 Å². The molecule has 1 aliphatic heterocycles. The van der Waals surface area contributed by atoms with Gasteiger partial charge in [0.05, 0.1) is 12.0 Å². The number of hydrogen-bond donors (Lipinski definition) is 0. The van der Waals surface area contributed by atoms with Gasteiger partial charge in [0, 0.05) is 6.61 Å². The Morgan fingerprint density at radius 2 is 2.42 bits per heavy atom. The minimum absolute atomic E-state index is 0.154. The van der Waals surface area contributed by atoms with Gasteiger partial charge >= 0.3 is 0 Å². The molecule has 1 saturated heterocycles. The molecule has 1 aromatic heterocycles. The van der Waals surface area contributed by atoms with E-state index in [-0.39, 0.29) is 17.3 Å². The van der Waals surface area contributed by atoms with Gasteiger partial charge in [-0.25, -0.2) is 0 Å². The number of ether oxygens (including phenoxy) is 1. The Morgan fingerprint density at radius 1 is 1.58 bits per heavy atom. The Kier molecular flexibility index (Phi) is 2.02. The molecule has 1 fully saturated rings. The normalized spacial score (nSPS) is 29.5. The molecule has 66 valence electrons. The van der Waals surface area contributed by atoms with E-state index in [0.29, 0.717) is 5.89 Å². The molecule has 0 N–H and O–H groups in total. The molecule has 0 radical (unpaired) electrons. The Morgan fingerprint density at radius 3 is 2.92 bits per heavy atom. The zero-order valence-corrected chi connectivity index (χ0v) is 7.41. The fourth-order valence-electron chi connectivity index (χ4n) is 1.42. The second kappa shape index (κ2) is 3.03. The standard InChI is InChI=1S/C7H9ClN2O2/c1-4-5(2-3-11-4)6-9-7(8)10-12-6/h4-5H,2-3H2,1H3. The highest BCUT2D eigenvalue weighted by Crippen LogP contribution is 2.29. The van der Waals surface area contributed by atoms with Crippen LogP contribution in [0.2, 0.25) is 5.28 Å². The highest BCUT2D eigenvalue weighted by molar-refractivity contribution is 6.28. The summed E-state index contributed by atoms with van der Waals surface area (Å²) < 4.78 is 10.3. The van der Waals surface area contributed by atoms with Gasteiger partial charge in [0.25, 0.3) is 5.28 Å². The second-order valence-corrected chi connectivity index (χ2v) is 3.21. The maximum absolute atomic E-state index is 5.53. The van der Waals surface area contributed by atoms with E-state index < -0.39 is 0 Å². The van der Waals surface area contributed by atoms with Crippen molar-refractivity contribution in [3.63, 3.8) is 0 Å². The SMILES string of the molecule is CC1OCCC1c1nc(Cl)no1. The lowest BCUT2D eigenvalue weighted by atomic mass is 10.0. The van der Waals surface area contributed by atoms with E-state index in [2.05, 4.69) is 10.1 Å². The van der Waals surface area contributed by atoms with Crippen LogP contribution in [0.15, 0.2) is 4.52 Å². The number of hydrogen-bond acceptors (Lipinski definition) is 4. The molecule has 0 aliphatic carbocycles. The second-order valence-electron chi connectivity index (χ2n) is 2.87. The molecule has 5 heteroatoms. The van der Waals surface area contributed by atoms with Gasteiger partial charge in [-0.1, -0.05) is 0 Å². The Labute approximate surface area is 74.9 Å². The molecule has 2 atom stereocenters. The third-order valence-corrected chi connectivity index (χ3v) is 2.26. The van der Waals surface area contributed by atoms with Gasteiger partial charge in [0.15, 0.2) is 0 Å². The zero-order chi connectivity index (χ0) is 8.55. The molecule has 4 nitrogen and oxygen atoms in total. The van der Waals surface area contributed by atoms with Gasteiger partial charge in [-0.3, -0.25) is 0 Å². The molecule has 1 aromatic rings. The first-order chi connectivity index (χ1) is 5.77. The fraction of sp³-hybridized carbons (Fsp3) is 0.714. The van der Waals surface area contributed by atoms with E-state index in [1.54, 1.807) is 0 Å². The van der Waals surface area contributed by atoms with Crippen LogP contribution in [-0.4, -0.2) is 22.9 Å². The van der Waals surface area contributed by atoms with Crippen LogP contribution in [0.3, 0.4) is 0 Å². The average Bonchev–Trinajstić information content (AvgIpc) is 2.58. The maximum Gasteiger partial charge on any atom is 0.263 e. The average molecular weight is 189 g/mol. The highest BCUT2D eigenvalue weighted by atomic mass is 35.5. The summed E-state index contributed by atoms with van der Waals surface area (Å²) in [6.07, 6.45) is 1.08. The molecule has 0 spiro atoms. The lowest BCUT2D eigenvalue weighted by Gasteiger charge is -2.07. The van der Waals surface area contributed by atoms with Crippen LogP contribution in [-0.2, 0) is 4.74 Å². The van der Waals surface area contributed by atoms with Crippen molar-refractivity contribution in [1.29, 1.82) is 0 Å². The van der Waals surface area contributed by atoms with Crippen molar-refractivity contribution in [3.8, 4) is 0 Å². The molecular weight excluding hydrogens is 180 g/mol. The molecule has 2 heterocycles. The van der Waals surface area contributed by atoms with Gasteiger partial charge in [-0.05, 0) is 30.1 Å². The minimum atomic E-state index is 0.154. The summed E-state index contributed by atoms with van der Waals surface area (Å²) >= 11 is 5.53. The van der Waals surface area contributed by atoms with Crippen molar-refractivity contribution < 1.29 is 9.26 Å². The van der Waals surface area contributed by atoms with Crippen molar-refractivity contribution in [3.05, 3.63) is 11.2 Å². The summed E-state index contributed by atoms with van der Waals surface area (Å²) in [7, 11) is 0. The summed E-state index contributed by atoms with van der Waals surface area (Å²) in [5, 5.41) is 3.69. The molecule has 0 saturated carbocycles. The van der Waals surface area contributed by atoms with Crippen LogP contribution in [0.25, 0.3) is 0 Å². The van der Waals surface area contributed by atoms with Gasteiger partial charge in [0.2, 0.25) is 5.89 Å². The van der Waals surface area contributed by atoms with Crippen LogP contribution >= 0.6 is 11.6 Å². The van der Waals surface area contributed by atoms with E-state index in [4.69, 9.17) is 20.9 Å². The zero-order valence-electron chi connectivity index (χ0n) is 6.66. The summed E-state index contributed by atoms with van der Waals surface area (Å²) in [5.74, 6) is 0.801. The molecule has 2 rings (SSSR count). The minimum Gasteiger partial charge on any atom is -0.378 e. The molecule has 1 aliphatic rings. The molecule has 0 aromatic carbocycles. The van der Waals surface area contributed by atoms with Gasteiger partial charge in [-0.15, -0.1) is 0 Å². The first-order valence-electron chi connectivity index (χ1n) is 3.88. The van der Waals surface area contributed by atoms with Crippen LogP contribution in [0.1, 0.15) is 25.2 Å². The van der Waals surface area contributed by atoms with Crippen molar-refractivity contribution in [2.45, 2.75) is 25.4 Å². The maximum atomic E-state index is 5.53. The van der Waals surface area contributed by atoms with Gasteiger partial charge in [-0.2, -0.15) is 4.98 Å². The first kappa shape index (κ1) is 8.01. The molecule has 12 heavy (non-hydrogen) atoms. The fourth-order valence-corrected chi connectivity index (χ4v) is 1.54. The molecule has 0 amide bonds. The number of nitrogens with zero attached hydrogens (tertiary/aromatic N) is 2. The monoisotopic (exact) mass is 188 g/mol. The first-order valence-corrected chi connectivity index (χ1v) is 4.26. The van der Waals surface area contributed by atoms with Crippen molar-refractivity contribution in [2.24, 2.45) is 0 Å². The summed E-state index contributed by atoms with van der Waals surface area (Å²) in [6, 6.07) is 0. The number of rotatable bonds is 1. The number of aromatic nitrogens is 2. The van der Waals surface area contributed by atoms with E-state index in [9.17, 15) is 0 Å². The topological polar surface area (TPSA) is 48.2 Å². The van der Waals surface area contributed by atoms with Gasteiger partial charge in [0.1, 0.15) is 0 Å². The Hall–Kier alpha value is -0.610. The lowest BCUT2D eigenvalue weighted by molar-refractivity contribution is 0.113. The highest BCUT2D eigenvalue weighted by Gasteiger charge is 2.30. The van der Waals surface area contributed by atoms with Crippen molar-refractivity contribution in [1.82, 2.24) is 10.1 Å². The molecular formula is C7H9ClN2O2. The van der Waals surface area contributed by atoms with Crippen LogP contribution in [0, 0.1) is 0 Å². The Bertz CT molecular complexity index is 276. The van der Waals surface area contributed by atoms with E-state index in [1.807, 2.05) is 6.92 Å². The van der Waals surface area contributed by atoms with Gasteiger partial charge < -0.3 is 9.26 Å². The van der Waals surface area contributed by atoms with Crippen LogP contribution in [0.4, 0.5) is 0 Å². The largest absolute Gasteiger partial charge is 0.378 e. The summed E-state index contributed by atoms with van der Waals surface area (Å²) in [4.78, 5) is 3.95. The molecule has 0 bridgehead atoms. The Balaban J connectivity index is 2.19. The quantitative estimate of drug-likeness (QED) is 0.672.